The fourth-order valence-electron chi connectivity index (χ4n) is 0.589. The van der Waals surface area contributed by atoms with Crippen LogP contribution in [-0.4, -0.2) is 5.71 Å². The maximum absolute atomic E-state index is 5.63. The van der Waals surface area contributed by atoms with Crippen molar-refractivity contribution >= 4 is 5.71 Å². The summed E-state index contributed by atoms with van der Waals surface area (Å²) >= 11 is 0. The van der Waals surface area contributed by atoms with Gasteiger partial charge < -0.3 is 5.73 Å². The van der Waals surface area contributed by atoms with E-state index in [0.29, 0.717) is 5.82 Å². The lowest BCUT2D eigenvalue weighted by Crippen LogP contribution is -1.97. The van der Waals surface area contributed by atoms with Crippen LogP contribution < -0.4 is 5.73 Å². The van der Waals surface area contributed by atoms with Gasteiger partial charge in [-0.3, -0.25) is 0 Å². The van der Waals surface area contributed by atoms with Crippen molar-refractivity contribution in [3.63, 3.8) is 0 Å². The van der Waals surface area contributed by atoms with Crippen molar-refractivity contribution in [1.29, 1.82) is 0 Å². The van der Waals surface area contributed by atoms with Crippen LogP contribution in [-0.2, 0) is 0 Å². The lowest BCUT2D eigenvalue weighted by Gasteiger charge is -1.94. The lowest BCUT2D eigenvalue weighted by atomic mass is 10.3. The Morgan fingerprint density at radius 1 is 1.25 bits per heavy atom. The Morgan fingerprint density at radius 2 is 1.83 bits per heavy atom. The van der Waals surface area contributed by atoms with Gasteiger partial charge in [-0.05, 0) is 33.3 Å². The Kier molecular flexibility index (Phi) is 5.09. The largest absolute Gasteiger partial charge is 0.384 e. The highest BCUT2D eigenvalue weighted by atomic mass is 14.9. The number of rotatable bonds is 3. The molecule has 0 aliphatic rings. The van der Waals surface area contributed by atoms with Gasteiger partial charge in [-0.2, -0.15) is 0 Å². The highest BCUT2D eigenvalue weighted by Crippen LogP contribution is 1.95. The molecule has 0 bridgehead atoms. The van der Waals surface area contributed by atoms with E-state index in [1.165, 1.54) is 5.57 Å². The van der Waals surface area contributed by atoms with Gasteiger partial charge in [0.15, 0.2) is 0 Å². The molecule has 0 aromatic rings. The summed E-state index contributed by atoms with van der Waals surface area (Å²) in [4.78, 5) is 4.18. The molecule has 0 amide bonds. The zero-order valence-electron chi connectivity index (χ0n) is 8.39. The molecule has 2 nitrogen and oxygen atoms in total. The van der Waals surface area contributed by atoms with E-state index in [1.54, 1.807) is 0 Å². The highest BCUT2D eigenvalue weighted by molar-refractivity contribution is 5.82. The minimum absolute atomic E-state index is 0.579. The summed E-state index contributed by atoms with van der Waals surface area (Å²) in [5.74, 6) is 0.579. The number of nitrogens with two attached hydrogens (primary N) is 1. The molecule has 12 heavy (non-hydrogen) atoms. The molecule has 0 atom stereocenters. The molecule has 2 N–H and O–H groups in total. The molecule has 0 aliphatic carbocycles. The van der Waals surface area contributed by atoms with Crippen LogP contribution in [0.1, 0.15) is 34.1 Å². The topological polar surface area (TPSA) is 38.4 Å². The van der Waals surface area contributed by atoms with Crippen molar-refractivity contribution in [2.75, 3.05) is 0 Å². The van der Waals surface area contributed by atoms with E-state index in [2.05, 4.69) is 11.9 Å². The average molecular weight is 166 g/mol. The molecule has 0 radical (unpaired) electrons. The quantitative estimate of drug-likeness (QED) is 0.508. The Bertz CT molecular complexity index is 218. The number of hydrogen-bond donors (Lipinski definition) is 1. The first kappa shape index (κ1) is 11.0. The predicted octanol–water partition coefficient (Wildman–Crippen LogP) is 2.62. The summed E-state index contributed by atoms with van der Waals surface area (Å²) in [6, 6.07) is 0. The van der Waals surface area contributed by atoms with Crippen LogP contribution in [0.5, 0.6) is 0 Å². The molecule has 68 valence electrons. The Morgan fingerprint density at radius 3 is 2.25 bits per heavy atom. The first-order chi connectivity index (χ1) is 5.56. The molecule has 0 aromatic heterocycles. The summed E-state index contributed by atoms with van der Waals surface area (Å²) in [5.41, 5.74) is 7.91. The fraction of sp³-hybridized carbons (Fsp3) is 0.500. The number of hydrogen-bond acceptors (Lipinski definition) is 2. The maximum Gasteiger partial charge on any atom is 0.123 e. The van der Waals surface area contributed by atoms with Crippen molar-refractivity contribution in [1.82, 2.24) is 0 Å². The summed E-state index contributed by atoms with van der Waals surface area (Å²) in [6.07, 6.45) is 4.74. The van der Waals surface area contributed by atoms with Crippen molar-refractivity contribution in [2.45, 2.75) is 34.1 Å². The lowest BCUT2D eigenvalue weighted by molar-refractivity contribution is 1.18. The standard InChI is InChI=1S/C10H18N2/c1-5-9(4)12-10(11)7-6-8(2)3/h6-7H,5,11H2,1-4H3/b10-7-,12-9-. The highest BCUT2D eigenvalue weighted by Gasteiger charge is 1.86. The smallest absolute Gasteiger partial charge is 0.123 e. The molecule has 0 saturated heterocycles. The second-order valence-corrected chi connectivity index (χ2v) is 3.04. The normalized spacial score (nSPS) is 13.0. The van der Waals surface area contributed by atoms with E-state index in [4.69, 9.17) is 5.73 Å². The van der Waals surface area contributed by atoms with Crippen molar-refractivity contribution in [2.24, 2.45) is 10.7 Å². The summed E-state index contributed by atoms with van der Waals surface area (Å²) in [7, 11) is 0. The van der Waals surface area contributed by atoms with E-state index in [9.17, 15) is 0 Å². The summed E-state index contributed by atoms with van der Waals surface area (Å²) in [6.45, 7) is 8.09. The zero-order chi connectivity index (χ0) is 9.56. The van der Waals surface area contributed by atoms with Crippen molar-refractivity contribution < 1.29 is 0 Å². The minimum atomic E-state index is 0.579. The van der Waals surface area contributed by atoms with Gasteiger partial charge in [0, 0.05) is 5.71 Å². The molecule has 0 rings (SSSR count). The van der Waals surface area contributed by atoms with Crippen LogP contribution in [0.3, 0.4) is 0 Å². The molecule has 0 fully saturated rings. The Hall–Kier alpha value is -1.05. The van der Waals surface area contributed by atoms with Gasteiger partial charge in [0.2, 0.25) is 0 Å². The second-order valence-electron chi connectivity index (χ2n) is 3.04. The van der Waals surface area contributed by atoms with E-state index in [0.717, 1.165) is 12.1 Å². The third-order valence-corrected chi connectivity index (χ3v) is 1.42. The zero-order valence-corrected chi connectivity index (χ0v) is 8.39. The molecule has 0 unspecified atom stereocenters. The molecule has 0 spiro atoms. The van der Waals surface area contributed by atoms with Crippen LogP contribution >= 0.6 is 0 Å². The number of aliphatic imine (C=N–C) groups is 1. The fourth-order valence-corrected chi connectivity index (χ4v) is 0.589. The SMILES string of the molecule is CC/C(C)=N\C(N)=C/C=C(C)C. The first-order valence-corrected chi connectivity index (χ1v) is 4.21. The molecular weight excluding hydrogens is 148 g/mol. The van der Waals surface area contributed by atoms with E-state index in [-0.39, 0.29) is 0 Å². The second kappa shape index (κ2) is 5.58. The molecule has 0 saturated carbocycles. The Labute approximate surface area is 74.9 Å². The van der Waals surface area contributed by atoms with Crippen molar-refractivity contribution in [3.8, 4) is 0 Å². The van der Waals surface area contributed by atoms with Gasteiger partial charge in [-0.15, -0.1) is 0 Å². The monoisotopic (exact) mass is 166 g/mol. The molecule has 0 aliphatic heterocycles. The van der Waals surface area contributed by atoms with Crippen molar-refractivity contribution in [3.05, 3.63) is 23.5 Å². The third-order valence-electron chi connectivity index (χ3n) is 1.42. The van der Waals surface area contributed by atoms with E-state index in [1.807, 2.05) is 32.9 Å². The first-order valence-electron chi connectivity index (χ1n) is 4.21. The number of allylic oxidation sites excluding steroid dienone is 3. The van der Waals surface area contributed by atoms with Gasteiger partial charge in [-0.25, -0.2) is 4.99 Å². The molecule has 2 heteroatoms. The van der Waals surface area contributed by atoms with Gasteiger partial charge in [0.05, 0.1) is 0 Å². The summed E-state index contributed by atoms with van der Waals surface area (Å²) < 4.78 is 0. The van der Waals surface area contributed by atoms with Crippen LogP contribution in [0.4, 0.5) is 0 Å². The summed E-state index contributed by atoms with van der Waals surface area (Å²) in [5, 5.41) is 0. The van der Waals surface area contributed by atoms with Gasteiger partial charge >= 0.3 is 0 Å². The van der Waals surface area contributed by atoms with Gasteiger partial charge in [0.25, 0.3) is 0 Å². The molecule has 0 aromatic carbocycles. The van der Waals surface area contributed by atoms with Crippen LogP contribution in [0.25, 0.3) is 0 Å². The third kappa shape index (κ3) is 5.71. The minimum Gasteiger partial charge on any atom is -0.384 e. The van der Waals surface area contributed by atoms with Crippen LogP contribution in [0.2, 0.25) is 0 Å². The maximum atomic E-state index is 5.63. The number of nitrogens with zero attached hydrogens (tertiary/aromatic N) is 1. The van der Waals surface area contributed by atoms with Gasteiger partial charge in [0.1, 0.15) is 5.82 Å². The predicted molar refractivity (Wildman–Crippen MR) is 55.1 cm³/mol. The Balaban J connectivity index is 4.30. The molecular formula is C10H18N2. The van der Waals surface area contributed by atoms with Gasteiger partial charge in [-0.1, -0.05) is 18.6 Å². The molecule has 0 heterocycles. The van der Waals surface area contributed by atoms with E-state index < -0.39 is 0 Å². The average Bonchev–Trinajstić information content (AvgIpc) is 2.00. The van der Waals surface area contributed by atoms with Crippen LogP contribution in [0, 0.1) is 0 Å². The van der Waals surface area contributed by atoms with E-state index >= 15 is 0 Å². The van der Waals surface area contributed by atoms with Crippen LogP contribution in [0.15, 0.2) is 28.5 Å².